The molecular weight excluding hydrogens is 308 g/mol. The van der Waals surface area contributed by atoms with Gasteiger partial charge >= 0.3 is 0 Å². The van der Waals surface area contributed by atoms with E-state index in [1.54, 1.807) is 18.5 Å². The molecule has 0 spiro atoms. The van der Waals surface area contributed by atoms with Crippen LogP contribution in [0.3, 0.4) is 0 Å². The van der Waals surface area contributed by atoms with Crippen molar-refractivity contribution in [1.29, 1.82) is 0 Å². The van der Waals surface area contributed by atoms with Gasteiger partial charge in [0.15, 0.2) is 5.15 Å². The third-order valence-corrected chi connectivity index (χ3v) is 3.51. The molecule has 0 bridgehead atoms. The Kier molecular flexibility index (Phi) is 5.02. The quantitative estimate of drug-likeness (QED) is 0.486. The van der Waals surface area contributed by atoms with Crippen molar-refractivity contribution < 1.29 is 4.74 Å². The SMILES string of the molecule is Clc1ncccc1N=Cc1ccc(OCc2ccccc2)cc1. The zero-order chi connectivity index (χ0) is 15.9. The van der Waals surface area contributed by atoms with Gasteiger partial charge in [-0.3, -0.25) is 4.99 Å². The van der Waals surface area contributed by atoms with Gasteiger partial charge in [-0.15, -0.1) is 0 Å². The molecule has 3 rings (SSSR count). The number of aliphatic imine (C=N–C) groups is 1. The molecule has 0 aliphatic heterocycles. The third kappa shape index (κ3) is 4.41. The Morgan fingerprint density at radius 3 is 2.48 bits per heavy atom. The van der Waals surface area contributed by atoms with Gasteiger partial charge < -0.3 is 4.74 Å². The number of hydrogen-bond acceptors (Lipinski definition) is 3. The highest BCUT2D eigenvalue weighted by molar-refractivity contribution is 6.31. The van der Waals surface area contributed by atoms with E-state index in [2.05, 4.69) is 9.98 Å². The van der Waals surface area contributed by atoms with Gasteiger partial charge in [0, 0.05) is 12.4 Å². The van der Waals surface area contributed by atoms with Crippen LogP contribution >= 0.6 is 11.6 Å². The number of aromatic nitrogens is 1. The molecule has 0 amide bonds. The molecule has 2 aromatic carbocycles. The van der Waals surface area contributed by atoms with Crippen LogP contribution in [0.1, 0.15) is 11.1 Å². The van der Waals surface area contributed by atoms with Crippen LogP contribution in [-0.4, -0.2) is 11.2 Å². The van der Waals surface area contributed by atoms with Crippen LogP contribution in [0.25, 0.3) is 0 Å². The fourth-order valence-corrected chi connectivity index (χ4v) is 2.18. The summed E-state index contributed by atoms with van der Waals surface area (Å²) in [5.41, 5.74) is 2.76. The summed E-state index contributed by atoms with van der Waals surface area (Å²) in [4.78, 5) is 8.33. The van der Waals surface area contributed by atoms with Crippen molar-refractivity contribution in [3.63, 3.8) is 0 Å². The summed E-state index contributed by atoms with van der Waals surface area (Å²) in [6, 6.07) is 21.5. The van der Waals surface area contributed by atoms with Gasteiger partial charge in [-0.05, 0) is 47.5 Å². The topological polar surface area (TPSA) is 34.5 Å². The lowest BCUT2D eigenvalue weighted by Crippen LogP contribution is -1.94. The average molecular weight is 323 g/mol. The Balaban J connectivity index is 1.62. The van der Waals surface area contributed by atoms with E-state index in [0.29, 0.717) is 17.4 Å². The molecule has 0 aliphatic carbocycles. The van der Waals surface area contributed by atoms with E-state index in [0.717, 1.165) is 16.9 Å². The summed E-state index contributed by atoms with van der Waals surface area (Å²) < 4.78 is 5.75. The fourth-order valence-electron chi connectivity index (χ4n) is 2.01. The van der Waals surface area contributed by atoms with Crippen LogP contribution < -0.4 is 4.74 Å². The molecule has 0 unspecified atom stereocenters. The highest BCUT2D eigenvalue weighted by atomic mass is 35.5. The summed E-state index contributed by atoms with van der Waals surface area (Å²) in [7, 11) is 0. The van der Waals surface area contributed by atoms with Crippen molar-refractivity contribution in [2.24, 2.45) is 4.99 Å². The molecule has 0 saturated heterocycles. The van der Waals surface area contributed by atoms with Crippen molar-refractivity contribution in [2.45, 2.75) is 6.61 Å². The first-order chi connectivity index (χ1) is 11.3. The van der Waals surface area contributed by atoms with Gasteiger partial charge in [0.25, 0.3) is 0 Å². The lowest BCUT2D eigenvalue weighted by molar-refractivity contribution is 0.306. The van der Waals surface area contributed by atoms with E-state index in [4.69, 9.17) is 16.3 Å². The highest BCUT2D eigenvalue weighted by Gasteiger charge is 1.98. The maximum absolute atomic E-state index is 5.97. The van der Waals surface area contributed by atoms with Crippen molar-refractivity contribution >= 4 is 23.5 Å². The van der Waals surface area contributed by atoms with Crippen molar-refractivity contribution in [3.8, 4) is 5.75 Å². The summed E-state index contributed by atoms with van der Waals surface area (Å²) in [6.07, 6.45) is 3.39. The molecule has 0 fully saturated rings. The lowest BCUT2D eigenvalue weighted by Gasteiger charge is -2.06. The monoisotopic (exact) mass is 322 g/mol. The Hall–Kier alpha value is -2.65. The van der Waals surface area contributed by atoms with Crippen molar-refractivity contribution in [1.82, 2.24) is 4.98 Å². The normalized spacial score (nSPS) is 10.8. The van der Waals surface area contributed by atoms with Crippen molar-refractivity contribution in [3.05, 3.63) is 89.2 Å². The molecule has 0 saturated carbocycles. The van der Waals surface area contributed by atoms with Crippen LogP contribution in [0.4, 0.5) is 5.69 Å². The van der Waals surface area contributed by atoms with Gasteiger partial charge in [0.05, 0.1) is 0 Å². The molecule has 0 N–H and O–H groups in total. The summed E-state index contributed by atoms with van der Waals surface area (Å²) >= 11 is 5.97. The van der Waals surface area contributed by atoms with E-state index in [1.807, 2.05) is 60.7 Å². The number of ether oxygens (including phenoxy) is 1. The molecule has 114 valence electrons. The predicted octanol–water partition coefficient (Wildman–Crippen LogP) is 5.06. The third-order valence-electron chi connectivity index (χ3n) is 3.22. The number of nitrogens with zero attached hydrogens (tertiary/aromatic N) is 2. The Morgan fingerprint density at radius 2 is 1.74 bits per heavy atom. The van der Waals surface area contributed by atoms with Gasteiger partial charge in [-0.25, -0.2) is 4.98 Å². The predicted molar refractivity (Wildman–Crippen MR) is 93.7 cm³/mol. The molecule has 3 aromatic rings. The second-order valence-corrected chi connectivity index (χ2v) is 5.27. The summed E-state index contributed by atoms with van der Waals surface area (Å²) in [5.74, 6) is 0.824. The van der Waals surface area contributed by atoms with E-state index < -0.39 is 0 Å². The number of pyridine rings is 1. The van der Waals surface area contributed by atoms with E-state index >= 15 is 0 Å². The molecular formula is C19H15ClN2O. The Labute approximate surface area is 140 Å². The maximum atomic E-state index is 5.97. The first-order valence-corrected chi connectivity index (χ1v) is 7.60. The van der Waals surface area contributed by atoms with Crippen molar-refractivity contribution in [2.75, 3.05) is 0 Å². The number of rotatable bonds is 5. The molecule has 4 heteroatoms. The Morgan fingerprint density at radius 1 is 0.957 bits per heavy atom. The molecule has 3 nitrogen and oxygen atoms in total. The van der Waals surface area contributed by atoms with Gasteiger partial charge in [-0.1, -0.05) is 41.9 Å². The van der Waals surface area contributed by atoms with Crippen LogP contribution in [0, 0.1) is 0 Å². The smallest absolute Gasteiger partial charge is 0.154 e. The van der Waals surface area contributed by atoms with E-state index in [9.17, 15) is 0 Å². The largest absolute Gasteiger partial charge is 0.489 e. The number of halogens is 1. The van der Waals surface area contributed by atoms with Crippen LogP contribution in [-0.2, 0) is 6.61 Å². The fraction of sp³-hybridized carbons (Fsp3) is 0.0526. The number of hydrogen-bond donors (Lipinski definition) is 0. The lowest BCUT2D eigenvalue weighted by atomic mass is 10.2. The number of benzene rings is 2. The molecule has 1 aromatic heterocycles. The minimum absolute atomic E-state index is 0.395. The van der Waals surface area contributed by atoms with E-state index in [-0.39, 0.29) is 0 Å². The molecule has 23 heavy (non-hydrogen) atoms. The molecule has 1 heterocycles. The first kappa shape index (κ1) is 15.3. The van der Waals surface area contributed by atoms with Gasteiger partial charge in [-0.2, -0.15) is 0 Å². The molecule has 0 atom stereocenters. The molecule has 0 aliphatic rings. The first-order valence-electron chi connectivity index (χ1n) is 7.23. The van der Waals surface area contributed by atoms with Crippen LogP contribution in [0.5, 0.6) is 5.75 Å². The maximum Gasteiger partial charge on any atom is 0.154 e. The van der Waals surface area contributed by atoms with Gasteiger partial charge in [0.1, 0.15) is 18.0 Å². The zero-order valence-corrected chi connectivity index (χ0v) is 13.1. The van der Waals surface area contributed by atoms with Crippen LogP contribution in [0.15, 0.2) is 77.9 Å². The van der Waals surface area contributed by atoms with Crippen LogP contribution in [0.2, 0.25) is 5.15 Å². The minimum atomic E-state index is 0.395. The average Bonchev–Trinajstić information content (AvgIpc) is 2.61. The molecule has 0 radical (unpaired) electrons. The summed E-state index contributed by atoms with van der Waals surface area (Å²) in [5, 5.41) is 0.395. The summed E-state index contributed by atoms with van der Waals surface area (Å²) in [6.45, 7) is 0.555. The van der Waals surface area contributed by atoms with Gasteiger partial charge in [0.2, 0.25) is 0 Å². The minimum Gasteiger partial charge on any atom is -0.489 e. The zero-order valence-electron chi connectivity index (χ0n) is 12.4. The Bertz CT molecular complexity index is 786. The standard InChI is InChI=1S/C19H15ClN2O/c20-19-18(7-4-12-21-19)22-13-15-8-10-17(11-9-15)23-14-16-5-2-1-3-6-16/h1-13H,14H2. The highest BCUT2D eigenvalue weighted by Crippen LogP contribution is 2.21. The second-order valence-electron chi connectivity index (χ2n) is 4.91. The van der Waals surface area contributed by atoms with E-state index in [1.165, 1.54) is 0 Å². The second kappa shape index (κ2) is 7.56.